The van der Waals surface area contributed by atoms with E-state index >= 15 is 0 Å². The summed E-state index contributed by atoms with van der Waals surface area (Å²) in [6, 6.07) is 11.1. The Morgan fingerprint density at radius 3 is 1.97 bits per heavy atom. The van der Waals surface area contributed by atoms with E-state index in [0.717, 1.165) is 25.3 Å². The van der Waals surface area contributed by atoms with Gasteiger partial charge in [0.1, 0.15) is 11.5 Å². The van der Waals surface area contributed by atoms with Crippen molar-refractivity contribution in [3.8, 4) is 17.2 Å². The van der Waals surface area contributed by atoms with E-state index in [2.05, 4.69) is 6.92 Å². The molecule has 0 aliphatic heterocycles. The topological polar surface area (TPSA) is 86.7 Å². The van der Waals surface area contributed by atoms with Gasteiger partial charge < -0.3 is 9.84 Å². The molecule has 2 aromatic carbocycles. The molecule has 0 unspecified atom stereocenters. The average Bonchev–Trinajstić information content (AvgIpc) is 2.71. The summed E-state index contributed by atoms with van der Waals surface area (Å²) in [5, 5.41) is 12.5. The van der Waals surface area contributed by atoms with Gasteiger partial charge in [0.05, 0.1) is 4.90 Å². The summed E-state index contributed by atoms with van der Waals surface area (Å²) in [6.45, 7) is 2.22. The van der Waals surface area contributed by atoms with Gasteiger partial charge in [0.15, 0.2) is 0 Å². The second-order valence-corrected chi connectivity index (χ2v) is 9.14. The van der Waals surface area contributed by atoms with Crippen LogP contribution in [0.1, 0.15) is 76.7 Å². The minimum absolute atomic E-state index is 0. The average molecular weight is 473 g/mol. The molecule has 1 N–H and O–H groups in total. The first-order valence-electron chi connectivity index (χ1n) is 11.0. The maximum absolute atomic E-state index is 12.5. The van der Waals surface area contributed by atoms with Gasteiger partial charge in [0, 0.05) is 6.07 Å². The summed E-state index contributed by atoms with van der Waals surface area (Å²) in [5.41, 5.74) is 0.450. The molecule has 0 aromatic heterocycles. The van der Waals surface area contributed by atoms with Crippen LogP contribution in [-0.4, -0.2) is 13.0 Å². The zero-order valence-electron chi connectivity index (χ0n) is 18.8. The molecule has 0 saturated carbocycles. The van der Waals surface area contributed by atoms with Crippen LogP contribution in [0.4, 0.5) is 0 Å². The molecule has 5 nitrogen and oxygen atoms in total. The number of rotatable bonds is 14. The Bertz CT molecular complexity index is 869. The van der Waals surface area contributed by atoms with Gasteiger partial charge >= 0.3 is 51.4 Å². The van der Waals surface area contributed by atoms with Crippen molar-refractivity contribution in [2.45, 2.75) is 82.4 Å². The van der Waals surface area contributed by atoms with Crippen LogP contribution >= 0.6 is 0 Å². The van der Waals surface area contributed by atoms with Gasteiger partial charge in [0.2, 0.25) is 0 Å². The molecule has 0 saturated heterocycles. The van der Waals surface area contributed by atoms with E-state index in [-0.39, 0.29) is 57.1 Å². The normalized spacial score (nSPS) is 11.2. The first kappa shape index (κ1) is 28.6. The number of para-hydroxylation sites is 1. The largest absolute Gasteiger partial charge is 1.00 e. The zero-order chi connectivity index (χ0) is 21.8. The van der Waals surface area contributed by atoms with Crippen LogP contribution in [0.3, 0.4) is 0 Å². The third-order valence-corrected chi connectivity index (χ3v) is 6.02. The van der Waals surface area contributed by atoms with Crippen LogP contribution in [0.5, 0.6) is 17.2 Å². The third-order valence-electron chi connectivity index (χ3n) is 5.19. The van der Waals surface area contributed by atoms with Crippen LogP contribution in [0, 0.1) is 0 Å². The Morgan fingerprint density at radius 1 is 0.871 bits per heavy atom. The monoisotopic (exact) mass is 472 g/mol. The van der Waals surface area contributed by atoms with Gasteiger partial charge in [-0.2, -0.15) is 8.42 Å². The smallest absolute Gasteiger partial charge is 0.872 e. The number of hydrogen-bond acceptors (Lipinski definition) is 4. The van der Waals surface area contributed by atoms with Crippen LogP contribution in [0.2, 0.25) is 0 Å². The Labute approximate surface area is 229 Å². The molecule has 166 valence electrons. The fourth-order valence-electron chi connectivity index (χ4n) is 3.49. The second-order valence-electron chi connectivity index (χ2n) is 7.72. The molecule has 0 spiro atoms. The van der Waals surface area contributed by atoms with E-state index in [1.54, 1.807) is 24.3 Å². The Kier molecular flexibility index (Phi) is 14.2. The van der Waals surface area contributed by atoms with Gasteiger partial charge in [-0.15, -0.1) is 5.75 Å². The molecule has 31 heavy (non-hydrogen) atoms. The SMILES string of the molecule is CCCCCCCCCCCCc1c([O-])cc(S(=O)(=O)O)cc1Oc1ccccc1.[K+]. The van der Waals surface area contributed by atoms with Crippen molar-refractivity contribution in [2.75, 3.05) is 0 Å². The zero-order valence-corrected chi connectivity index (χ0v) is 22.7. The summed E-state index contributed by atoms with van der Waals surface area (Å²) in [7, 11) is -4.48. The third kappa shape index (κ3) is 10.8. The molecule has 0 heterocycles. The van der Waals surface area contributed by atoms with Crippen molar-refractivity contribution in [1.29, 1.82) is 0 Å². The molecule has 0 aliphatic rings. The van der Waals surface area contributed by atoms with Crippen LogP contribution in [0.25, 0.3) is 0 Å². The molecule has 0 fully saturated rings. The predicted octanol–water partition coefficient (Wildman–Crippen LogP) is 3.27. The number of unbranched alkanes of at least 4 members (excludes halogenated alkanes) is 9. The standard InChI is InChI=1S/C24H34O5S.K/c1-2-3-4-5-6-7-8-9-10-14-17-22-23(25)18-21(30(26,27)28)19-24(22)29-20-15-12-11-13-16-20;/h11-13,15-16,18-19,25H,2-10,14,17H2,1H3,(H,26,27,28);/q;+1/p-1. The molecule has 0 aliphatic carbocycles. The minimum Gasteiger partial charge on any atom is -0.872 e. The van der Waals surface area contributed by atoms with E-state index in [1.165, 1.54) is 51.0 Å². The number of ether oxygens (including phenoxy) is 1. The van der Waals surface area contributed by atoms with Gasteiger partial charge in [-0.05, 0) is 36.6 Å². The van der Waals surface area contributed by atoms with Crippen LogP contribution in [0.15, 0.2) is 47.4 Å². The molecule has 0 amide bonds. The van der Waals surface area contributed by atoms with Crippen molar-refractivity contribution in [3.05, 3.63) is 48.0 Å². The summed E-state index contributed by atoms with van der Waals surface area (Å²) in [5.74, 6) is 0.276. The summed E-state index contributed by atoms with van der Waals surface area (Å²) >= 11 is 0. The van der Waals surface area contributed by atoms with Crippen molar-refractivity contribution >= 4 is 10.1 Å². The maximum atomic E-state index is 12.5. The van der Waals surface area contributed by atoms with E-state index in [9.17, 15) is 18.1 Å². The van der Waals surface area contributed by atoms with Crippen molar-refractivity contribution in [1.82, 2.24) is 0 Å². The Hall–Kier alpha value is -0.414. The molecule has 2 rings (SSSR count). The van der Waals surface area contributed by atoms with Gasteiger partial charge in [-0.3, -0.25) is 4.55 Å². The second kappa shape index (κ2) is 15.4. The maximum Gasteiger partial charge on any atom is 1.00 e. The van der Waals surface area contributed by atoms with Gasteiger partial charge in [0.25, 0.3) is 10.1 Å². The molecular formula is C24H33KO5S. The summed E-state index contributed by atoms with van der Waals surface area (Å²) in [6.07, 6.45) is 12.5. The van der Waals surface area contributed by atoms with Gasteiger partial charge in [-0.25, -0.2) is 0 Å². The fraction of sp³-hybridized carbons (Fsp3) is 0.500. The first-order chi connectivity index (χ1) is 14.4. The summed E-state index contributed by atoms with van der Waals surface area (Å²) in [4.78, 5) is -0.440. The van der Waals surface area contributed by atoms with Crippen LogP contribution < -0.4 is 61.2 Å². The van der Waals surface area contributed by atoms with Crippen molar-refractivity contribution in [3.63, 3.8) is 0 Å². The molecular weight excluding hydrogens is 439 g/mol. The first-order valence-corrected chi connectivity index (χ1v) is 12.4. The van der Waals surface area contributed by atoms with E-state index < -0.39 is 20.8 Å². The van der Waals surface area contributed by atoms with E-state index in [0.29, 0.717) is 17.7 Å². The van der Waals surface area contributed by atoms with Gasteiger partial charge in [-0.1, -0.05) is 82.9 Å². The minimum atomic E-state index is -4.48. The van der Waals surface area contributed by atoms with Crippen molar-refractivity contribution < 1.29 is 74.2 Å². The Morgan fingerprint density at radius 2 is 1.42 bits per heavy atom. The molecule has 0 bridgehead atoms. The number of hydrogen-bond donors (Lipinski definition) is 1. The molecule has 0 radical (unpaired) electrons. The quantitative estimate of drug-likeness (QED) is 0.259. The predicted molar refractivity (Wildman–Crippen MR) is 118 cm³/mol. The summed E-state index contributed by atoms with van der Waals surface area (Å²) < 4.78 is 38.1. The van der Waals surface area contributed by atoms with E-state index in [4.69, 9.17) is 4.74 Å². The van der Waals surface area contributed by atoms with E-state index in [1.807, 2.05) is 6.07 Å². The molecule has 2 aromatic rings. The number of benzene rings is 2. The molecule has 0 atom stereocenters. The van der Waals surface area contributed by atoms with Crippen molar-refractivity contribution in [2.24, 2.45) is 0 Å². The molecule has 7 heteroatoms. The van der Waals surface area contributed by atoms with Crippen LogP contribution in [-0.2, 0) is 16.5 Å². The Balaban J connectivity index is 0.00000480. The fourth-order valence-corrected chi connectivity index (χ4v) is 4.00.